The highest BCUT2D eigenvalue weighted by Crippen LogP contribution is 2.03. The lowest BCUT2D eigenvalue weighted by Crippen LogP contribution is -1.86. The van der Waals surface area contributed by atoms with Crippen molar-refractivity contribution >= 4 is 0 Å². The Morgan fingerprint density at radius 2 is 1.86 bits per heavy atom. The van der Waals surface area contributed by atoms with Crippen LogP contribution in [-0.2, 0) is 0 Å². The Morgan fingerprint density at radius 3 is 2.14 bits per heavy atom. The molecular weight excluding hydrogens is 88.1 g/mol. The maximum atomic E-state index is 9.87. The molecule has 1 aliphatic rings. The predicted octanol–water partition coefficient (Wildman–Crippen LogP) is 0.357. The third-order valence-corrected chi connectivity index (χ3v) is 0.825. The molecule has 0 bridgehead atoms. The van der Waals surface area contributed by atoms with Gasteiger partial charge in [-0.3, -0.25) is 0 Å². The minimum atomic E-state index is 0.750. The van der Waals surface area contributed by atoms with Crippen molar-refractivity contribution in [1.29, 1.82) is 0 Å². The van der Waals surface area contributed by atoms with E-state index < -0.39 is 0 Å². The van der Waals surface area contributed by atoms with Crippen LogP contribution in [0.25, 0.3) is 0 Å². The summed E-state index contributed by atoms with van der Waals surface area (Å²) >= 11 is 0. The Labute approximate surface area is 42.3 Å². The predicted molar refractivity (Wildman–Crippen MR) is 26.4 cm³/mol. The van der Waals surface area contributed by atoms with Crippen molar-refractivity contribution < 1.29 is 5.11 Å². The normalized spacial score (nSPS) is 15.7. The number of allylic oxidation sites excluding steroid dienone is 5. The summed E-state index contributed by atoms with van der Waals surface area (Å²) in [5.41, 5.74) is 0.750. The number of hydrogen-bond donors (Lipinski definition) is 0. The molecule has 0 spiro atoms. The molecule has 0 aromatic heterocycles. The monoisotopic (exact) mass is 93.0 g/mol. The van der Waals surface area contributed by atoms with Crippen LogP contribution in [0.15, 0.2) is 36.1 Å². The van der Waals surface area contributed by atoms with Gasteiger partial charge in [0, 0.05) is 0 Å². The van der Waals surface area contributed by atoms with E-state index in [9.17, 15) is 5.11 Å². The molecule has 0 atom stereocenters. The van der Waals surface area contributed by atoms with Gasteiger partial charge >= 0.3 is 0 Å². The maximum absolute atomic E-state index is 9.87. The summed E-state index contributed by atoms with van der Waals surface area (Å²) in [7, 11) is 0. The summed E-state index contributed by atoms with van der Waals surface area (Å²) in [6, 6.07) is 0. The van der Waals surface area contributed by atoms with Crippen LogP contribution in [0.2, 0.25) is 0 Å². The van der Waals surface area contributed by atoms with Crippen molar-refractivity contribution in [3.8, 4) is 0 Å². The van der Waals surface area contributed by atoms with Crippen LogP contribution in [0.4, 0.5) is 0 Å². The van der Waals surface area contributed by atoms with E-state index in [0.717, 1.165) is 11.8 Å². The molecule has 0 aromatic carbocycles. The quantitative estimate of drug-likeness (QED) is 0.396. The second kappa shape index (κ2) is 1.65. The molecule has 0 aromatic rings. The lowest BCUT2D eigenvalue weighted by molar-refractivity contribution is -0.275. The molecule has 0 aliphatic heterocycles. The van der Waals surface area contributed by atoms with Crippen molar-refractivity contribution in [1.82, 2.24) is 0 Å². The summed E-state index contributed by atoms with van der Waals surface area (Å²) in [5.74, 6) is 0. The van der Waals surface area contributed by atoms with Gasteiger partial charge in [-0.2, -0.15) is 0 Å². The average Bonchev–Trinajstić information content (AvgIpc) is 2.14. The van der Waals surface area contributed by atoms with Crippen LogP contribution in [0.3, 0.4) is 0 Å². The number of rotatable bonds is 0. The van der Waals surface area contributed by atoms with Crippen LogP contribution in [0, 0.1) is 0 Å². The Kier molecular flexibility index (Phi) is 0.984. The first-order chi connectivity index (χ1) is 3.43. The topological polar surface area (TPSA) is 23.1 Å². The fourth-order valence-electron chi connectivity index (χ4n) is 0.467. The molecule has 0 unspecified atom stereocenters. The second-order valence-electron chi connectivity index (χ2n) is 1.34. The zero-order chi connectivity index (χ0) is 5.11. The molecule has 1 aliphatic carbocycles. The van der Waals surface area contributed by atoms with E-state index >= 15 is 0 Å². The molecule has 0 amide bonds. The molecule has 0 saturated heterocycles. The first kappa shape index (κ1) is 4.19. The van der Waals surface area contributed by atoms with E-state index in [2.05, 4.69) is 0 Å². The van der Waals surface area contributed by atoms with Gasteiger partial charge in [0.2, 0.25) is 0 Å². The fraction of sp³-hybridized carbons (Fsp3) is 0. The molecule has 1 nitrogen and oxygen atoms in total. The summed E-state index contributed by atoms with van der Waals surface area (Å²) in [6.45, 7) is 0. The zero-order valence-corrected chi connectivity index (χ0v) is 3.79. The summed E-state index contributed by atoms with van der Waals surface area (Å²) in [5, 5.41) is 9.87. The number of hydrogen-bond acceptors (Lipinski definition) is 1. The van der Waals surface area contributed by atoms with Crippen LogP contribution in [0.5, 0.6) is 0 Å². The summed E-state index contributed by atoms with van der Waals surface area (Å²) < 4.78 is 0. The molecule has 1 rings (SSSR count). The highest BCUT2D eigenvalue weighted by Gasteiger charge is 1.82. The minimum Gasteiger partial charge on any atom is -0.877 e. The highest BCUT2D eigenvalue weighted by molar-refractivity contribution is 5.38. The minimum absolute atomic E-state index is 0.750. The summed E-state index contributed by atoms with van der Waals surface area (Å²) in [4.78, 5) is 0. The SMILES string of the molecule is [O-]C=C1C=CC=C1. The van der Waals surface area contributed by atoms with Gasteiger partial charge in [0.25, 0.3) is 0 Å². The molecule has 36 valence electrons. The van der Waals surface area contributed by atoms with Gasteiger partial charge in [-0.1, -0.05) is 24.3 Å². The smallest absolute Gasteiger partial charge is 0.0409 e. The fourth-order valence-corrected chi connectivity index (χ4v) is 0.467. The van der Waals surface area contributed by atoms with Gasteiger partial charge in [-0.05, 0) is 5.57 Å². The average molecular weight is 93.1 g/mol. The third kappa shape index (κ3) is 0.712. The molecular formula is C6H5O-. The van der Waals surface area contributed by atoms with Crippen molar-refractivity contribution in [2.24, 2.45) is 0 Å². The van der Waals surface area contributed by atoms with E-state index in [-0.39, 0.29) is 0 Å². The molecule has 0 saturated carbocycles. The van der Waals surface area contributed by atoms with Gasteiger partial charge in [0.15, 0.2) is 0 Å². The van der Waals surface area contributed by atoms with E-state index in [4.69, 9.17) is 0 Å². The maximum Gasteiger partial charge on any atom is -0.0409 e. The zero-order valence-electron chi connectivity index (χ0n) is 3.79. The van der Waals surface area contributed by atoms with Gasteiger partial charge < -0.3 is 5.11 Å². The standard InChI is InChI=1S/C6H6O/c7-5-6-3-1-2-4-6/h1-5,7H/p-1. The van der Waals surface area contributed by atoms with Crippen LogP contribution >= 0.6 is 0 Å². The molecule has 7 heavy (non-hydrogen) atoms. The van der Waals surface area contributed by atoms with Crippen LogP contribution < -0.4 is 5.11 Å². The van der Waals surface area contributed by atoms with Crippen molar-refractivity contribution in [2.75, 3.05) is 0 Å². The van der Waals surface area contributed by atoms with Crippen LogP contribution in [0.1, 0.15) is 0 Å². The van der Waals surface area contributed by atoms with Crippen molar-refractivity contribution in [3.05, 3.63) is 36.1 Å². The van der Waals surface area contributed by atoms with Gasteiger partial charge in [-0.15, -0.1) is 6.26 Å². The Morgan fingerprint density at radius 1 is 1.29 bits per heavy atom. The largest absolute Gasteiger partial charge is 0.877 e. The van der Waals surface area contributed by atoms with Gasteiger partial charge in [0.1, 0.15) is 0 Å². The Hall–Kier alpha value is -0.980. The van der Waals surface area contributed by atoms with Gasteiger partial charge in [0.05, 0.1) is 0 Å². The Bertz CT molecular complexity index is 126. The van der Waals surface area contributed by atoms with Crippen molar-refractivity contribution in [3.63, 3.8) is 0 Å². The van der Waals surface area contributed by atoms with E-state index in [1.807, 2.05) is 12.2 Å². The first-order valence-electron chi connectivity index (χ1n) is 2.10. The highest BCUT2D eigenvalue weighted by atomic mass is 16.2. The Balaban J connectivity index is 2.79. The molecule has 1 heteroatoms. The lowest BCUT2D eigenvalue weighted by atomic mass is 10.3. The molecule has 0 fully saturated rings. The lowest BCUT2D eigenvalue weighted by Gasteiger charge is -1.89. The molecule has 0 N–H and O–H groups in total. The van der Waals surface area contributed by atoms with Gasteiger partial charge in [-0.25, -0.2) is 0 Å². The first-order valence-corrected chi connectivity index (χ1v) is 2.10. The second-order valence-corrected chi connectivity index (χ2v) is 1.34. The van der Waals surface area contributed by atoms with Crippen molar-refractivity contribution in [2.45, 2.75) is 0 Å². The van der Waals surface area contributed by atoms with E-state index in [0.29, 0.717) is 0 Å². The third-order valence-electron chi connectivity index (χ3n) is 0.825. The summed E-state index contributed by atoms with van der Waals surface area (Å²) in [6.07, 6.45) is 8.05. The van der Waals surface area contributed by atoms with E-state index in [1.165, 1.54) is 0 Å². The van der Waals surface area contributed by atoms with Crippen LogP contribution in [-0.4, -0.2) is 0 Å². The van der Waals surface area contributed by atoms with E-state index in [1.54, 1.807) is 12.2 Å². The molecule has 0 radical (unpaired) electrons. The molecule has 0 heterocycles.